The number of hydrogen-bond donors (Lipinski definition) is 1. The second-order valence-electron chi connectivity index (χ2n) is 2.69. The molecule has 0 saturated heterocycles. The molecule has 0 atom stereocenters. The van der Waals surface area contributed by atoms with Crippen LogP contribution in [0.3, 0.4) is 0 Å². The Hall–Kier alpha value is -1.64. The van der Waals surface area contributed by atoms with E-state index in [-0.39, 0.29) is 0 Å². The van der Waals surface area contributed by atoms with E-state index in [4.69, 9.17) is 0 Å². The number of nitrogens with one attached hydrogen (secondary N) is 1. The third-order valence-corrected chi connectivity index (χ3v) is 2.01. The number of nitrogens with zero attached hydrogens (tertiary/aromatic N) is 2. The Balaban J connectivity index is 2.86. The summed E-state index contributed by atoms with van der Waals surface area (Å²) in [5.41, 5.74) is 4.12. The summed E-state index contributed by atoms with van der Waals surface area (Å²) in [6, 6.07) is 3.96. The van der Waals surface area contributed by atoms with E-state index in [2.05, 4.69) is 22.0 Å². The number of hydrogen-bond acceptors (Lipinski definition) is 2. The van der Waals surface area contributed by atoms with Crippen molar-refractivity contribution in [1.82, 2.24) is 15.4 Å². The van der Waals surface area contributed by atoms with Gasteiger partial charge < -0.3 is 0 Å². The highest BCUT2D eigenvalue weighted by atomic mass is 15.3. The Morgan fingerprint density at radius 1 is 1.50 bits per heavy atom. The molecule has 0 aliphatic heterocycles. The maximum atomic E-state index is 3.97. The second-order valence-corrected chi connectivity index (χ2v) is 2.69. The minimum absolute atomic E-state index is 0.924. The van der Waals surface area contributed by atoms with E-state index in [0.29, 0.717) is 0 Å². The van der Waals surface area contributed by atoms with Gasteiger partial charge in [0, 0.05) is 0 Å². The van der Waals surface area contributed by atoms with Gasteiger partial charge in [0.25, 0.3) is 0 Å². The number of rotatable bonds is 1. The molecule has 60 valence electrons. The Morgan fingerprint density at radius 3 is 3.08 bits per heavy atom. The maximum absolute atomic E-state index is 3.97. The number of aryl methyl sites for hydroxylation is 1. The standard InChI is InChI=1S/C9H9N3/c1-3-7-4-5-8-9(6(7)2)11-12-10-8/h3-5H,1H2,2H3,(H,10,11,12). The fourth-order valence-electron chi connectivity index (χ4n) is 1.28. The molecule has 1 aromatic heterocycles. The van der Waals surface area contributed by atoms with Gasteiger partial charge in [-0.05, 0) is 24.1 Å². The quantitative estimate of drug-likeness (QED) is 0.690. The SMILES string of the molecule is C=Cc1ccc2[nH]nnc2c1C. The van der Waals surface area contributed by atoms with Gasteiger partial charge in [0.05, 0.1) is 5.52 Å². The van der Waals surface area contributed by atoms with Gasteiger partial charge in [-0.15, -0.1) is 5.10 Å². The molecule has 0 bridgehead atoms. The molecular weight excluding hydrogens is 150 g/mol. The van der Waals surface area contributed by atoms with E-state index < -0.39 is 0 Å². The first-order valence-corrected chi connectivity index (χ1v) is 3.75. The van der Waals surface area contributed by atoms with Crippen molar-refractivity contribution in [3.63, 3.8) is 0 Å². The fourth-order valence-corrected chi connectivity index (χ4v) is 1.28. The smallest absolute Gasteiger partial charge is 0.116 e. The van der Waals surface area contributed by atoms with Crippen LogP contribution in [0.4, 0.5) is 0 Å². The molecule has 1 heterocycles. The summed E-state index contributed by atoms with van der Waals surface area (Å²) in [6.07, 6.45) is 1.82. The predicted octanol–water partition coefficient (Wildman–Crippen LogP) is 1.91. The third kappa shape index (κ3) is 0.830. The summed E-state index contributed by atoms with van der Waals surface area (Å²) in [6.45, 7) is 5.74. The maximum Gasteiger partial charge on any atom is 0.116 e. The lowest BCUT2D eigenvalue weighted by Gasteiger charge is -1.98. The molecule has 0 saturated carbocycles. The molecule has 3 heteroatoms. The Labute approximate surface area is 70.1 Å². The summed E-state index contributed by atoms with van der Waals surface area (Å²) >= 11 is 0. The van der Waals surface area contributed by atoms with E-state index >= 15 is 0 Å². The van der Waals surface area contributed by atoms with Crippen LogP contribution in [0, 0.1) is 6.92 Å². The second kappa shape index (κ2) is 2.44. The minimum Gasteiger partial charge on any atom is -0.258 e. The molecule has 2 rings (SSSR count). The van der Waals surface area contributed by atoms with Crippen LogP contribution in [0.5, 0.6) is 0 Å². The zero-order valence-electron chi connectivity index (χ0n) is 6.83. The molecular formula is C9H9N3. The molecule has 0 aliphatic rings. The van der Waals surface area contributed by atoms with Crippen LogP contribution in [0.25, 0.3) is 17.1 Å². The van der Waals surface area contributed by atoms with Gasteiger partial charge in [0.2, 0.25) is 0 Å². The molecule has 1 aromatic carbocycles. The topological polar surface area (TPSA) is 41.6 Å². The van der Waals surface area contributed by atoms with E-state index in [0.717, 1.165) is 22.2 Å². The first kappa shape index (κ1) is 7.03. The summed E-state index contributed by atoms with van der Waals surface area (Å²) in [5.74, 6) is 0. The predicted molar refractivity (Wildman–Crippen MR) is 48.7 cm³/mol. The summed E-state index contributed by atoms with van der Waals surface area (Å²) in [4.78, 5) is 0. The van der Waals surface area contributed by atoms with Crippen molar-refractivity contribution in [2.75, 3.05) is 0 Å². The van der Waals surface area contributed by atoms with Gasteiger partial charge in [0.1, 0.15) is 5.52 Å². The molecule has 0 spiro atoms. The zero-order chi connectivity index (χ0) is 8.55. The van der Waals surface area contributed by atoms with Crippen LogP contribution in [0.1, 0.15) is 11.1 Å². The number of aromatic nitrogens is 3. The third-order valence-electron chi connectivity index (χ3n) is 2.01. The minimum atomic E-state index is 0.924. The Bertz CT molecular complexity index is 428. The summed E-state index contributed by atoms with van der Waals surface area (Å²) in [7, 11) is 0. The highest BCUT2D eigenvalue weighted by Crippen LogP contribution is 2.17. The lowest BCUT2D eigenvalue weighted by molar-refractivity contribution is 0.958. The molecule has 2 aromatic rings. The van der Waals surface area contributed by atoms with Crippen LogP contribution < -0.4 is 0 Å². The van der Waals surface area contributed by atoms with E-state index in [1.165, 1.54) is 0 Å². The monoisotopic (exact) mass is 159 g/mol. The highest BCUT2D eigenvalue weighted by Gasteiger charge is 2.02. The first-order chi connectivity index (χ1) is 5.83. The molecule has 0 radical (unpaired) electrons. The van der Waals surface area contributed by atoms with Crippen molar-refractivity contribution in [2.24, 2.45) is 0 Å². The highest BCUT2D eigenvalue weighted by molar-refractivity contribution is 5.81. The molecule has 1 N–H and O–H groups in total. The lowest BCUT2D eigenvalue weighted by atomic mass is 10.1. The van der Waals surface area contributed by atoms with E-state index in [1.54, 1.807) is 0 Å². The van der Waals surface area contributed by atoms with Gasteiger partial charge in [-0.2, -0.15) is 0 Å². The van der Waals surface area contributed by atoms with Crippen LogP contribution >= 0.6 is 0 Å². The molecule has 12 heavy (non-hydrogen) atoms. The molecule has 3 nitrogen and oxygen atoms in total. The zero-order valence-corrected chi connectivity index (χ0v) is 6.83. The first-order valence-electron chi connectivity index (χ1n) is 3.75. The molecule has 0 aliphatic carbocycles. The summed E-state index contributed by atoms with van der Waals surface area (Å²) < 4.78 is 0. The Morgan fingerprint density at radius 2 is 2.33 bits per heavy atom. The van der Waals surface area contributed by atoms with Crippen LogP contribution in [0.15, 0.2) is 18.7 Å². The lowest BCUT2D eigenvalue weighted by Crippen LogP contribution is -1.82. The fraction of sp³-hybridized carbons (Fsp3) is 0.111. The van der Waals surface area contributed by atoms with Gasteiger partial charge >= 0.3 is 0 Å². The number of H-pyrrole nitrogens is 1. The van der Waals surface area contributed by atoms with Gasteiger partial charge in [-0.1, -0.05) is 23.9 Å². The largest absolute Gasteiger partial charge is 0.258 e. The van der Waals surface area contributed by atoms with Crippen LogP contribution in [-0.4, -0.2) is 15.4 Å². The van der Waals surface area contributed by atoms with Crippen molar-refractivity contribution < 1.29 is 0 Å². The van der Waals surface area contributed by atoms with Gasteiger partial charge in [0.15, 0.2) is 0 Å². The van der Waals surface area contributed by atoms with Crippen molar-refractivity contribution in [2.45, 2.75) is 6.92 Å². The van der Waals surface area contributed by atoms with E-state index in [9.17, 15) is 0 Å². The average Bonchev–Trinajstić information content (AvgIpc) is 2.53. The summed E-state index contributed by atoms with van der Waals surface area (Å²) in [5, 5.41) is 10.5. The molecule has 0 amide bonds. The van der Waals surface area contributed by atoms with Crippen LogP contribution in [-0.2, 0) is 0 Å². The van der Waals surface area contributed by atoms with Crippen LogP contribution in [0.2, 0.25) is 0 Å². The number of fused-ring (bicyclic) bond motifs is 1. The normalized spacial score (nSPS) is 10.4. The number of benzene rings is 1. The molecule has 0 unspecified atom stereocenters. The number of aromatic amines is 1. The van der Waals surface area contributed by atoms with Crippen molar-refractivity contribution in [1.29, 1.82) is 0 Å². The van der Waals surface area contributed by atoms with Gasteiger partial charge in [-0.3, -0.25) is 5.10 Å². The van der Waals surface area contributed by atoms with Gasteiger partial charge in [-0.25, -0.2) is 0 Å². The van der Waals surface area contributed by atoms with Crippen molar-refractivity contribution in [3.05, 3.63) is 29.8 Å². The van der Waals surface area contributed by atoms with Crippen molar-refractivity contribution >= 4 is 17.1 Å². The average molecular weight is 159 g/mol. The molecule has 0 fully saturated rings. The van der Waals surface area contributed by atoms with Crippen molar-refractivity contribution in [3.8, 4) is 0 Å². The Kier molecular flexibility index (Phi) is 1.43. The van der Waals surface area contributed by atoms with E-state index in [1.807, 2.05) is 25.1 Å².